The molecule has 102 valence electrons. The minimum absolute atomic E-state index is 0.0493. The van der Waals surface area contributed by atoms with Gasteiger partial charge in [-0.2, -0.15) is 0 Å². The van der Waals surface area contributed by atoms with Gasteiger partial charge in [0.05, 0.1) is 16.4 Å². The molecule has 0 aliphatic heterocycles. The first-order chi connectivity index (χ1) is 8.82. The van der Waals surface area contributed by atoms with Gasteiger partial charge >= 0.3 is 5.97 Å². The van der Waals surface area contributed by atoms with Crippen LogP contribution in [-0.2, 0) is 4.79 Å². The van der Waals surface area contributed by atoms with Crippen LogP contribution >= 0.6 is 0 Å². The van der Waals surface area contributed by atoms with Gasteiger partial charge in [-0.15, -0.1) is 0 Å². The van der Waals surface area contributed by atoms with Gasteiger partial charge in [0.15, 0.2) is 0 Å². The first kappa shape index (κ1) is 14.4. The Labute approximate surface area is 108 Å². The van der Waals surface area contributed by atoms with Gasteiger partial charge in [0.25, 0.3) is 11.6 Å². The average Bonchev–Trinajstić information content (AvgIpc) is 2.35. The molecule has 0 radical (unpaired) electrons. The van der Waals surface area contributed by atoms with E-state index in [-0.39, 0.29) is 23.5 Å². The second-order valence-corrected chi connectivity index (χ2v) is 3.97. The molecule has 0 bridgehead atoms. The van der Waals surface area contributed by atoms with Gasteiger partial charge < -0.3 is 16.2 Å². The van der Waals surface area contributed by atoms with Crippen LogP contribution < -0.4 is 11.1 Å². The molecule has 1 aromatic carbocycles. The number of primary amides is 1. The summed E-state index contributed by atoms with van der Waals surface area (Å²) < 4.78 is 0. The molecule has 1 amide bonds. The van der Waals surface area contributed by atoms with Crippen LogP contribution in [0.1, 0.15) is 17.3 Å². The number of anilines is 1. The molecular weight excluding hydrogens is 254 g/mol. The number of non-ortho nitro benzene ring substituents is 1. The van der Waals surface area contributed by atoms with Gasteiger partial charge in [-0.1, -0.05) is 6.92 Å². The Hall–Kier alpha value is -2.64. The monoisotopic (exact) mass is 267 g/mol. The smallest absolute Gasteiger partial charge is 0.308 e. The van der Waals surface area contributed by atoms with Crippen molar-refractivity contribution in [2.45, 2.75) is 6.92 Å². The Balaban J connectivity index is 2.97. The van der Waals surface area contributed by atoms with E-state index in [0.29, 0.717) is 0 Å². The van der Waals surface area contributed by atoms with Crippen molar-refractivity contribution in [3.8, 4) is 0 Å². The average molecular weight is 267 g/mol. The Morgan fingerprint density at radius 1 is 1.53 bits per heavy atom. The summed E-state index contributed by atoms with van der Waals surface area (Å²) in [4.78, 5) is 31.8. The summed E-state index contributed by atoms with van der Waals surface area (Å²) in [5.74, 6) is -2.49. The van der Waals surface area contributed by atoms with Crippen molar-refractivity contribution < 1.29 is 19.6 Å². The van der Waals surface area contributed by atoms with E-state index in [9.17, 15) is 19.7 Å². The zero-order chi connectivity index (χ0) is 14.6. The van der Waals surface area contributed by atoms with Gasteiger partial charge in [0.1, 0.15) is 0 Å². The molecule has 8 nitrogen and oxygen atoms in total. The molecule has 0 saturated heterocycles. The van der Waals surface area contributed by atoms with Gasteiger partial charge in [-0.05, 0) is 6.07 Å². The van der Waals surface area contributed by atoms with Gasteiger partial charge in [0.2, 0.25) is 0 Å². The molecule has 1 aromatic rings. The highest BCUT2D eigenvalue weighted by atomic mass is 16.6. The molecule has 4 N–H and O–H groups in total. The summed E-state index contributed by atoms with van der Waals surface area (Å²) in [5, 5.41) is 22.1. The number of carbonyl (C=O) groups is 2. The summed E-state index contributed by atoms with van der Waals surface area (Å²) in [6, 6.07) is 3.59. The second-order valence-electron chi connectivity index (χ2n) is 3.97. The number of nitrogens with zero attached hydrogens (tertiary/aromatic N) is 1. The topological polar surface area (TPSA) is 136 Å². The lowest BCUT2D eigenvalue weighted by Gasteiger charge is -2.12. The normalized spacial score (nSPS) is 11.6. The lowest BCUT2D eigenvalue weighted by molar-refractivity contribution is -0.384. The number of carboxylic acid groups (broad SMARTS) is 1. The number of nitrogens with one attached hydrogen (secondary N) is 1. The maximum absolute atomic E-state index is 11.2. The minimum Gasteiger partial charge on any atom is -0.481 e. The molecule has 8 heteroatoms. The van der Waals surface area contributed by atoms with E-state index in [1.54, 1.807) is 0 Å². The molecule has 0 aliphatic carbocycles. The van der Waals surface area contributed by atoms with Gasteiger partial charge in [0, 0.05) is 24.4 Å². The van der Waals surface area contributed by atoms with Crippen LogP contribution in [0.15, 0.2) is 18.2 Å². The molecule has 1 unspecified atom stereocenters. The van der Waals surface area contributed by atoms with Crippen LogP contribution in [0.25, 0.3) is 0 Å². The number of amides is 1. The van der Waals surface area contributed by atoms with Crippen LogP contribution in [0.3, 0.4) is 0 Å². The van der Waals surface area contributed by atoms with Crippen molar-refractivity contribution in [2.75, 3.05) is 11.9 Å². The minimum atomic E-state index is -0.991. The molecule has 0 aromatic heterocycles. The molecule has 0 heterocycles. The maximum atomic E-state index is 11.2. The van der Waals surface area contributed by atoms with Crippen molar-refractivity contribution in [3.05, 3.63) is 33.9 Å². The van der Waals surface area contributed by atoms with Crippen LogP contribution in [0.5, 0.6) is 0 Å². The third-order valence-electron chi connectivity index (χ3n) is 2.50. The number of carbonyl (C=O) groups excluding carboxylic acids is 1. The number of rotatable bonds is 6. The fourth-order valence-corrected chi connectivity index (χ4v) is 1.35. The van der Waals surface area contributed by atoms with E-state index < -0.39 is 22.7 Å². The van der Waals surface area contributed by atoms with E-state index in [1.807, 2.05) is 0 Å². The number of hydrogen-bond acceptors (Lipinski definition) is 5. The molecule has 0 saturated carbocycles. The van der Waals surface area contributed by atoms with Gasteiger partial charge in [-0.25, -0.2) is 0 Å². The van der Waals surface area contributed by atoms with E-state index in [2.05, 4.69) is 5.32 Å². The Morgan fingerprint density at radius 2 is 2.16 bits per heavy atom. The zero-order valence-corrected chi connectivity index (χ0v) is 10.1. The van der Waals surface area contributed by atoms with Crippen molar-refractivity contribution in [1.82, 2.24) is 0 Å². The number of hydrogen-bond donors (Lipinski definition) is 3. The van der Waals surface area contributed by atoms with E-state index in [0.717, 1.165) is 6.07 Å². The third-order valence-corrected chi connectivity index (χ3v) is 2.50. The Bertz CT molecular complexity index is 529. The maximum Gasteiger partial charge on any atom is 0.308 e. The standard InChI is InChI=1S/C11H13N3O5/c1-6(11(16)17)5-13-9-3-2-7(14(18)19)4-8(9)10(12)15/h2-4,6,13H,5H2,1H3,(H2,12,15)(H,16,17). The highest BCUT2D eigenvalue weighted by Gasteiger charge is 2.16. The Kier molecular flexibility index (Phi) is 4.41. The molecule has 0 fully saturated rings. The number of benzene rings is 1. The fourth-order valence-electron chi connectivity index (χ4n) is 1.35. The molecule has 19 heavy (non-hydrogen) atoms. The largest absolute Gasteiger partial charge is 0.481 e. The summed E-state index contributed by atoms with van der Waals surface area (Å²) >= 11 is 0. The predicted molar refractivity (Wildman–Crippen MR) is 66.9 cm³/mol. The SMILES string of the molecule is CC(CNc1ccc([N+](=O)[O-])cc1C(N)=O)C(=O)O. The van der Waals surface area contributed by atoms with E-state index in [1.165, 1.54) is 19.1 Å². The van der Waals surface area contributed by atoms with Crippen LogP contribution in [-0.4, -0.2) is 28.5 Å². The van der Waals surface area contributed by atoms with Crippen molar-refractivity contribution in [1.29, 1.82) is 0 Å². The van der Waals surface area contributed by atoms with Crippen molar-refractivity contribution in [3.63, 3.8) is 0 Å². The second kappa shape index (κ2) is 5.80. The lowest BCUT2D eigenvalue weighted by Crippen LogP contribution is -2.21. The molecule has 1 rings (SSSR count). The summed E-state index contributed by atoms with van der Waals surface area (Å²) in [6.07, 6.45) is 0. The Morgan fingerprint density at radius 3 is 2.63 bits per heavy atom. The quantitative estimate of drug-likeness (QED) is 0.515. The van der Waals surface area contributed by atoms with E-state index >= 15 is 0 Å². The highest BCUT2D eigenvalue weighted by Crippen LogP contribution is 2.22. The number of aliphatic carboxylic acids is 1. The summed E-state index contributed by atoms with van der Waals surface area (Å²) in [7, 11) is 0. The molecule has 0 aliphatic rings. The molecule has 1 atom stereocenters. The van der Waals surface area contributed by atoms with Crippen LogP contribution in [0, 0.1) is 16.0 Å². The third kappa shape index (κ3) is 3.66. The van der Waals surface area contributed by atoms with Crippen molar-refractivity contribution >= 4 is 23.3 Å². The number of nitro groups is 1. The van der Waals surface area contributed by atoms with E-state index in [4.69, 9.17) is 10.8 Å². The van der Waals surface area contributed by atoms with Crippen LogP contribution in [0.4, 0.5) is 11.4 Å². The summed E-state index contributed by atoms with van der Waals surface area (Å²) in [5.41, 5.74) is 5.09. The summed E-state index contributed by atoms with van der Waals surface area (Å²) in [6.45, 7) is 1.57. The number of nitrogens with two attached hydrogens (primary N) is 1. The predicted octanol–water partition coefficient (Wildman–Crippen LogP) is 0.826. The number of nitro benzene ring substituents is 1. The van der Waals surface area contributed by atoms with Gasteiger partial charge in [-0.3, -0.25) is 19.7 Å². The molecule has 0 spiro atoms. The highest BCUT2D eigenvalue weighted by molar-refractivity contribution is 5.99. The first-order valence-electron chi connectivity index (χ1n) is 5.38. The fraction of sp³-hybridized carbons (Fsp3) is 0.273. The molecular formula is C11H13N3O5. The van der Waals surface area contributed by atoms with Crippen molar-refractivity contribution in [2.24, 2.45) is 11.7 Å². The first-order valence-corrected chi connectivity index (χ1v) is 5.38. The number of carboxylic acids is 1. The van der Waals surface area contributed by atoms with Crippen LogP contribution in [0.2, 0.25) is 0 Å². The zero-order valence-electron chi connectivity index (χ0n) is 10.1. The lowest BCUT2D eigenvalue weighted by atomic mass is 10.1.